The molecule has 0 bridgehead atoms. The highest BCUT2D eigenvalue weighted by Crippen LogP contribution is 2.38. The van der Waals surface area contributed by atoms with E-state index in [1.165, 1.54) is 64.3 Å². The van der Waals surface area contributed by atoms with Gasteiger partial charge in [-0.2, -0.15) is 0 Å². The van der Waals surface area contributed by atoms with Crippen molar-refractivity contribution < 1.29 is 0 Å². The summed E-state index contributed by atoms with van der Waals surface area (Å²) in [6.07, 6.45) is 12.6. The zero-order valence-corrected chi connectivity index (χ0v) is 13.2. The third-order valence-electron chi connectivity index (χ3n) is 4.35. The van der Waals surface area contributed by atoms with Crippen molar-refractivity contribution in [2.45, 2.75) is 91.5 Å². The Bertz CT molecular complexity index is 210. The summed E-state index contributed by atoms with van der Waals surface area (Å²) in [6, 6.07) is 0.777. The van der Waals surface area contributed by atoms with Gasteiger partial charge < -0.3 is 5.32 Å². The second kappa shape index (κ2) is 8.19. The first kappa shape index (κ1) is 16.0. The van der Waals surface area contributed by atoms with Gasteiger partial charge in [-0.05, 0) is 43.6 Å². The Kier molecular flexibility index (Phi) is 7.29. The van der Waals surface area contributed by atoms with Gasteiger partial charge in [0, 0.05) is 6.04 Å². The van der Waals surface area contributed by atoms with Crippen molar-refractivity contribution in [2.24, 2.45) is 11.3 Å². The van der Waals surface area contributed by atoms with Gasteiger partial charge in [-0.3, -0.25) is 0 Å². The average Bonchev–Trinajstić information content (AvgIpc) is 2.25. The summed E-state index contributed by atoms with van der Waals surface area (Å²) < 4.78 is 0. The lowest BCUT2D eigenvalue weighted by atomic mass is 9.70. The van der Waals surface area contributed by atoms with E-state index in [9.17, 15) is 0 Å². The van der Waals surface area contributed by atoms with Crippen molar-refractivity contribution in [1.29, 1.82) is 0 Å². The Morgan fingerprint density at radius 2 is 1.67 bits per heavy atom. The Hall–Kier alpha value is -0.0400. The van der Waals surface area contributed by atoms with Crippen molar-refractivity contribution in [3.05, 3.63) is 0 Å². The zero-order valence-electron chi connectivity index (χ0n) is 13.2. The lowest BCUT2D eigenvalue weighted by Crippen LogP contribution is -2.40. The maximum Gasteiger partial charge on any atom is 0.00746 e. The molecule has 0 aromatic carbocycles. The second-order valence-electron chi connectivity index (χ2n) is 7.33. The van der Waals surface area contributed by atoms with E-state index in [2.05, 4.69) is 33.0 Å². The van der Waals surface area contributed by atoms with Gasteiger partial charge in [-0.1, -0.05) is 59.8 Å². The van der Waals surface area contributed by atoms with Crippen LogP contribution >= 0.6 is 0 Å². The minimum atomic E-state index is 0.552. The second-order valence-corrected chi connectivity index (χ2v) is 7.33. The molecule has 0 saturated heterocycles. The van der Waals surface area contributed by atoms with Crippen LogP contribution in [0.25, 0.3) is 0 Å². The van der Waals surface area contributed by atoms with E-state index < -0.39 is 0 Å². The Morgan fingerprint density at radius 3 is 2.33 bits per heavy atom. The molecule has 2 atom stereocenters. The molecule has 1 heteroatoms. The normalized spacial score (nSPS) is 27.3. The summed E-state index contributed by atoms with van der Waals surface area (Å²) in [5, 5.41) is 3.80. The van der Waals surface area contributed by atoms with Crippen LogP contribution in [0.4, 0.5) is 0 Å². The molecular weight excluding hydrogens is 218 g/mol. The maximum atomic E-state index is 3.80. The predicted molar refractivity (Wildman–Crippen MR) is 82.0 cm³/mol. The fraction of sp³-hybridized carbons (Fsp3) is 1.00. The molecular formula is C17H35N. The van der Waals surface area contributed by atoms with Gasteiger partial charge in [0.2, 0.25) is 0 Å². The van der Waals surface area contributed by atoms with E-state index in [-0.39, 0.29) is 0 Å². The average molecular weight is 253 g/mol. The van der Waals surface area contributed by atoms with E-state index in [1.54, 1.807) is 0 Å². The monoisotopic (exact) mass is 253 g/mol. The van der Waals surface area contributed by atoms with E-state index in [0.717, 1.165) is 12.0 Å². The summed E-state index contributed by atoms with van der Waals surface area (Å²) in [5.41, 5.74) is 0.552. The number of nitrogens with one attached hydrogen (secondary N) is 1. The molecule has 0 heterocycles. The molecule has 1 fully saturated rings. The minimum absolute atomic E-state index is 0.552. The molecule has 18 heavy (non-hydrogen) atoms. The zero-order chi connectivity index (χ0) is 13.4. The summed E-state index contributed by atoms with van der Waals surface area (Å²) in [5.74, 6) is 0.899. The summed E-state index contributed by atoms with van der Waals surface area (Å²) in [6.45, 7) is 10.8. The summed E-state index contributed by atoms with van der Waals surface area (Å²) in [4.78, 5) is 0. The van der Waals surface area contributed by atoms with E-state index >= 15 is 0 Å². The smallest absolute Gasteiger partial charge is 0.00746 e. The van der Waals surface area contributed by atoms with Crippen LogP contribution in [0.5, 0.6) is 0 Å². The van der Waals surface area contributed by atoms with Crippen molar-refractivity contribution in [2.75, 3.05) is 6.54 Å². The fourth-order valence-corrected chi connectivity index (χ4v) is 3.71. The molecule has 2 unspecified atom stereocenters. The Labute approximate surface area is 115 Å². The number of hydrogen-bond donors (Lipinski definition) is 1. The Morgan fingerprint density at radius 1 is 1.00 bits per heavy atom. The molecule has 0 radical (unpaired) electrons. The number of unbranched alkanes of at least 4 members (excludes halogenated alkanes) is 5. The fourth-order valence-electron chi connectivity index (χ4n) is 3.71. The molecule has 1 aliphatic carbocycles. The highest BCUT2D eigenvalue weighted by atomic mass is 14.9. The molecule has 1 saturated carbocycles. The maximum absolute atomic E-state index is 3.80. The topological polar surface area (TPSA) is 12.0 Å². The molecule has 0 amide bonds. The summed E-state index contributed by atoms with van der Waals surface area (Å²) >= 11 is 0. The van der Waals surface area contributed by atoms with Gasteiger partial charge >= 0.3 is 0 Å². The van der Waals surface area contributed by atoms with Crippen LogP contribution in [0, 0.1) is 11.3 Å². The van der Waals surface area contributed by atoms with Crippen LogP contribution in [0.15, 0.2) is 0 Å². The van der Waals surface area contributed by atoms with Gasteiger partial charge in [-0.25, -0.2) is 0 Å². The summed E-state index contributed by atoms with van der Waals surface area (Å²) in [7, 11) is 0. The Balaban J connectivity index is 2.04. The molecule has 0 aromatic rings. The molecule has 1 aliphatic rings. The molecule has 1 nitrogen and oxygen atoms in total. The van der Waals surface area contributed by atoms with E-state index in [0.29, 0.717) is 5.41 Å². The van der Waals surface area contributed by atoms with Crippen LogP contribution in [-0.4, -0.2) is 12.6 Å². The molecule has 0 aromatic heterocycles. The first-order valence-corrected chi connectivity index (χ1v) is 8.27. The molecule has 1 rings (SSSR count). The SMILES string of the molecule is CCCCCCCCNC1CC(C)CC(C)(C)C1. The van der Waals surface area contributed by atoms with Gasteiger partial charge in [-0.15, -0.1) is 0 Å². The van der Waals surface area contributed by atoms with Crippen LogP contribution in [0.1, 0.15) is 85.5 Å². The third kappa shape index (κ3) is 6.78. The van der Waals surface area contributed by atoms with Gasteiger partial charge in [0.25, 0.3) is 0 Å². The molecule has 0 spiro atoms. The molecule has 108 valence electrons. The van der Waals surface area contributed by atoms with Crippen molar-refractivity contribution in [3.63, 3.8) is 0 Å². The highest BCUT2D eigenvalue weighted by molar-refractivity contribution is 4.86. The van der Waals surface area contributed by atoms with Gasteiger partial charge in [0.05, 0.1) is 0 Å². The molecule has 1 N–H and O–H groups in total. The largest absolute Gasteiger partial charge is 0.314 e. The standard InChI is InChI=1S/C17H35N/c1-5-6-7-8-9-10-11-18-16-12-15(2)13-17(3,4)14-16/h15-16,18H,5-14H2,1-4H3. The first-order valence-electron chi connectivity index (χ1n) is 8.27. The predicted octanol–water partition coefficient (Wildman–Crippen LogP) is 5.15. The van der Waals surface area contributed by atoms with Gasteiger partial charge in [0.15, 0.2) is 0 Å². The van der Waals surface area contributed by atoms with Crippen LogP contribution < -0.4 is 5.32 Å². The highest BCUT2D eigenvalue weighted by Gasteiger charge is 2.31. The van der Waals surface area contributed by atoms with Crippen molar-refractivity contribution in [1.82, 2.24) is 5.32 Å². The van der Waals surface area contributed by atoms with Crippen LogP contribution in [-0.2, 0) is 0 Å². The minimum Gasteiger partial charge on any atom is -0.314 e. The quantitative estimate of drug-likeness (QED) is 0.590. The lowest BCUT2D eigenvalue weighted by Gasteiger charge is -2.39. The third-order valence-corrected chi connectivity index (χ3v) is 4.35. The number of hydrogen-bond acceptors (Lipinski definition) is 1. The molecule has 0 aliphatic heterocycles. The van der Waals surface area contributed by atoms with Crippen LogP contribution in [0.2, 0.25) is 0 Å². The van der Waals surface area contributed by atoms with Crippen molar-refractivity contribution >= 4 is 0 Å². The first-order chi connectivity index (χ1) is 8.53. The lowest BCUT2D eigenvalue weighted by molar-refractivity contribution is 0.151. The van der Waals surface area contributed by atoms with Gasteiger partial charge in [0.1, 0.15) is 0 Å². The van der Waals surface area contributed by atoms with Crippen molar-refractivity contribution in [3.8, 4) is 0 Å². The van der Waals surface area contributed by atoms with E-state index in [4.69, 9.17) is 0 Å². The van der Waals surface area contributed by atoms with E-state index in [1.807, 2.05) is 0 Å². The number of rotatable bonds is 8. The van der Waals surface area contributed by atoms with Crippen LogP contribution in [0.3, 0.4) is 0 Å².